The van der Waals surface area contributed by atoms with Gasteiger partial charge in [-0.2, -0.15) is 5.06 Å². The molecule has 6 nitrogen and oxygen atoms in total. The maximum Gasteiger partial charge on any atom is 0.345 e. The number of hydrogen-bond acceptors (Lipinski definition) is 4. The van der Waals surface area contributed by atoms with Gasteiger partial charge >= 0.3 is 12.0 Å². The number of fused-ring (bicyclic) bond motifs is 2. The van der Waals surface area contributed by atoms with Gasteiger partial charge in [-0.3, -0.25) is 4.84 Å². The van der Waals surface area contributed by atoms with Crippen LogP contribution in [0.3, 0.4) is 0 Å². The van der Waals surface area contributed by atoms with Crippen molar-refractivity contribution in [2.24, 2.45) is 0 Å². The first-order chi connectivity index (χ1) is 8.69. The highest BCUT2D eigenvalue weighted by Crippen LogP contribution is 2.30. The van der Waals surface area contributed by atoms with Gasteiger partial charge in [0.2, 0.25) is 0 Å². The zero-order valence-corrected chi connectivity index (χ0v) is 12.5. The lowest BCUT2D eigenvalue weighted by atomic mass is 10.0. The fraction of sp³-hybridized carbons (Fsp3) is 0.818. The Morgan fingerprint density at radius 3 is 2.94 bits per heavy atom. The molecule has 2 saturated heterocycles. The summed E-state index contributed by atoms with van der Waals surface area (Å²) < 4.78 is 4.70. The Labute approximate surface area is 120 Å². The van der Waals surface area contributed by atoms with E-state index in [0.717, 1.165) is 19.3 Å². The summed E-state index contributed by atoms with van der Waals surface area (Å²) in [6.07, 6.45) is 3.38. The van der Waals surface area contributed by atoms with Crippen molar-refractivity contribution < 1.29 is 17.5 Å². The number of hydrogen-bond donors (Lipinski definition) is 0. The average Bonchev–Trinajstić information content (AvgIpc) is 2.63. The van der Waals surface area contributed by atoms with Crippen LogP contribution in [-0.2, 0) is 12.7 Å². The molecule has 2 bridgehead atoms. The number of carbonyl (C=O) groups excluding carboxylic acids is 2. The van der Waals surface area contributed by atoms with E-state index >= 15 is 0 Å². The van der Waals surface area contributed by atoms with Crippen LogP contribution in [0.15, 0.2) is 0 Å². The molecule has 0 unspecified atom stereocenters. The predicted octanol–water partition coefficient (Wildman–Crippen LogP) is 1.88. The minimum absolute atomic E-state index is 0.0765. The van der Waals surface area contributed by atoms with Gasteiger partial charge in [0.15, 0.2) is 23.0 Å². The second-order valence-electron chi connectivity index (χ2n) is 4.59. The SMILES string of the molecule is CCCCON1C(=O)N2C[C@@H]1CC[C@H]2C(=O)OI. The second-order valence-corrected chi connectivity index (χ2v) is 5.03. The maximum absolute atomic E-state index is 12.1. The van der Waals surface area contributed by atoms with Crippen LogP contribution in [0.25, 0.3) is 0 Å². The Morgan fingerprint density at radius 1 is 1.50 bits per heavy atom. The van der Waals surface area contributed by atoms with Gasteiger partial charge in [0.1, 0.15) is 6.04 Å². The van der Waals surface area contributed by atoms with E-state index in [2.05, 4.69) is 6.92 Å². The smallest absolute Gasteiger partial charge is 0.345 e. The number of hydroxylamine groups is 2. The number of nitrogens with zero attached hydrogens (tertiary/aromatic N) is 2. The number of urea groups is 1. The number of unbranched alkanes of at least 4 members (excludes halogenated alkanes) is 1. The van der Waals surface area contributed by atoms with Crippen LogP contribution in [0, 0.1) is 0 Å². The molecular formula is C11H17IN2O4. The molecule has 2 rings (SSSR count). The predicted molar refractivity (Wildman–Crippen MR) is 71.7 cm³/mol. The summed E-state index contributed by atoms with van der Waals surface area (Å²) >= 11 is 1.56. The molecule has 0 N–H and O–H groups in total. The van der Waals surface area contributed by atoms with Gasteiger partial charge in [0, 0.05) is 6.54 Å². The second kappa shape index (κ2) is 6.05. The van der Waals surface area contributed by atoms with Gasteiger partial charge < -0.3 is 7.97 Å². The van der Waals surface area contributed by atoms with Crippen molar-refractivity contribution in [2.45, 2.75) is 44.7 Å². The monoisotopic (exact) mass is 368 g/mol. The van der Waals surface area contributed by atoms with Gasteiger partial charge in [0.05, 0.1) is 12.6 Å². The van der Waals surface area contributed by atoms with Crippen molar-refractivity contribution >= 4 is 35.0 Å². The van der Waals surface area contributed by atoms with Crippen LogP contribution in [0.2, 0.25) is 0 Å². The summed E-state index contributed by atoms with van der Waals surface area (Å²) in [4.78, 5) is 30.8. The van der Waals surface area contributed by atoms with Crippen molar-refractivity contribution in [3.8, 4) is 0 Å². The highest BCUT2D eigenvalue weighted by atomic mass is 127. The van der Waals surface area contributed by atoms with Gasteiger partial charge in [-0.25, -0.2) is 9.59 Å². The molecule has 102 valence electrons. The number of rotatable bonds is 5. The highest BCUT2D eigenvalue weighted by molar-refractivity contribution is 14.1. The van der Waals surface area contributed by atoms with Crippen LogP contribution >= 0.6 is 23.0 Å². The van der Waals surface area contributed by atoms with Crippen LogP contribution in [0.1, 0.15) is 32.6 Å². The molecule has 0 radical (unpaired) electrons. The topological polar surface area (TPSA) is 59.1 Å². The van der Waals surface area contributed by atoms with Crippen molar-refractivity contribution in [2.75, 3.05) is 13.2 Å². The molecule has 0 aromatic rings. The number of carbonyl (C=O) groups is 2. The minimum atomic E-state index is -0.453. The summed E-state index contributed by atoms with van der Waals surface area (Å²) in [5, 5.41) is 1.44. The van der Waals surface area contributed by atoms with Gasteiger partial charge in [-0.15, -0.1) is 0 Å². The first-order valence-electron chi connectivity index (χ1n) is 6.24. The maximum atomic E-state index is 12.1. The Morgan fingerprint density at radius 2 is 2.28 bits per heavy atom. The molecule has 2 amide bonds. The molecule has 18 heavy (non-hydrogen) atoms. The summed E-state index contributed by atoms with van der Waals surface area (Å²) in [5.74, 6) is -0.349. The Kier molecular flexibility index (Phi) is 4.66. The van der Waals surface area contributed by atoms with Crippen LogP contribution < -0.4 is 0 Å². The van der Waals surface area contributed by atoms with Crippen molar-refractivity contribution in [1.29, 1.82) is 0 Å². The fourth-order valence-corrected chi connectivity index (χ4v) is 2.70. The molecule has 2 aliphatic rings. The number of amides is 2. The van der Waals surface area contributed by atoms with E-state index in [0.29, 0.717) is 19.6 Å². The standard InChI is InChI=1S/C11H17IN2O4/c1-2-3-6-17-14-8-4-5-9(10(15)18-12)13(7-8)11(14)16/h8-9H,2-7H2,1H3/t8-,9-/m0/s1. The van der Waals surface area contributed by atoms with E-state index in [1.165, 1.54) is 5.06 Å². The van der Waals surface area contributed by atoms with Gasteiger partial charge in [-0.1, -0.05) is 13.3 Å². The molecular weight excluding hydrogens is 351 g/mol. The van der Waals surface area contributed by atoms with E-state index in [4.69, 9.17) is 7.90 Å². The van der Waals surface area contributed by atoms with Gasteiger partial charge in [-0.05, 0) is 19.3 Å². The zero-order valence-electron chi connectivity index (χ0n) is 10.3. The van der Waals surface area contributed by atoms with Crippen LogP contribution in [0.4, 0.5) is 4.79 Å². The summed E-state index contributed by atoms with van der Waals surface area (Å²) in [6.45, 7) is 3.18. The van der Waals surface area contributed by atoms with Crippen molar-refractivity contribution in [3.63, 3.8) is 0 Å². The molecule has 0 saturated carbocycles. The van der Waals surface area contributed by atoms with E-state index in [1.807, 2.05) is 0 Å². The molecule has 2 aliphatic heterocycles. The quantitative estimate of drug-likeness (QED) is 0.549. The van der Waals surface area contributed by atoms with E-state index in [1.54, 1.807) is 27.9 Å². The molecule has 7 heteroatoms. The molecule has 0 aromatic carbocycles. The van der Waals surface area contributed by atoms with Gasteiger partial charge in [0.25, 0.3) is 0 Å². The average molecular weight is 368 g/mol. The summed E-state index contributed by atoms with van der Waals surface area (Å²) in [6, 6.07) is -0.585. The molecule has 2 atom stereocenters. The molecule has 0 spiro atoms. The normalized spacial score (nSPS) is 26.7. The molecule has 0 aliphatic carbocycles. The lowest BCUT2D eigenvalue weighted by molar-refractivity contribution is -0.137. The van der Waals surface area contributed by atoms with E-state index in [-0.39, 0.29) is 18.0 Å². The molecule has 0 aromatic heterocycles. The largest absolute Gasteiger partial charge is 0.393 e. The van der Waals surface area contributed by atoms with Crippen LogP contribution in [0.5, 0.6) is 0 Å². The lowest BCUT2D eigenvalue weighted by Gasteiger charge is -2.27. The lowest BCUT2D eigenvalue weighted by Crippen LogP contribution is -2.45. The zero-order chi connectivity index (χ0) is 13.1. The Balaban J connectivity index is 1.99. The summed E-state index contributed by atoms with van der Waals surface area (Å²) in [7, 11) is 0. The van der Waals surface area contributed by atoms with Crippen molar-refractivity contribution in [3.05, 3.63) is 0 Å². The number of halogens is 1. The van der Waals surface area contributed by atoms with E-state index < -0.39 is 6.04 Å². The Hall–Kier alpha value is -0.570. The first kappa shape index (κ1) is 13.9. The van der Waals surface area contributed by atoms with Crippen LogP contribution in [-0.4, -0.2) is 47.2 Å². The van der Waals surface area contributed by atoms with E-state index in [9.17, 15) is 9.59 Å². The van der Waals surface area contributed by atoms with Crippen molar-refractivity contribution in [1.82, 2.24) is 9.96 Å². The third-order valence-corrected chi connectivity index (χ3v) is 3.83. The number of piperidine rings is 1. The highest BCUT2D eigenvalue weighted by Gasteiger charge is 2.48. The fourth-order valence-electron chi connectivity index (χ4n) is 2.40. The molecule has 2 heterocycles. The molecule has 2 fully saturated rings. The third kappa shape index (κ3) is 2.56. The Bertz CT molecular complexity index is 339. The summed E-state index contributed by atoms with van der Waals surface area (Å²) in [5.41, 5.74) is 0. The minimum Gasteiger partial charge on any atom is -0.393 e. The third-order valence-electron chi connectivity index (χ3n) is 3.40. The first-order valence-corrected chi connectivity index (χ1v) is 7.12.